The van der Waals surface area contributed by atoms with Crippen molar-refractivity contribution in [2.45, 2.75) is 6.92 Å². The number of aryl methyl sites for hydroxylation is 1. The molecule has 0 aliphatic rings. The number of amides is 1. The molecule has 1 amide bonds. The predicted molar refractivity (Wildman–Crippen MR) is 68.7 cm³/mol. The number of phenols is 1. The Labute approximate surface area is 114 Å². The smallest absolute Gasteiger partial charge is 0.323 e. The Balaban J connectivity index is 2.37. The molecule has 0 aliphatic carbocycles. The van der Waals surface area contributed by atoms with Crippen LogP contribution in [0.15, 0.2) is 35.0 Å². The van der Waals surface area contributed by atoms with Gasteiger partial charge in [-0.15, -0.1) is 0 Å². The summed E-state index contributed by atoms with van der Waals surface area (Å²) in [5.74, 6) is -1.35. The predicted octanol–water partition coefficient (Wildman–Crippen LogP) is 1.42. The number of anilines is 1. The van der Waals surface area contributed by atoms with Crippen molar-refractivity contribution in [2.24, 2.45) is 0 Å². The summed E-state index contributed by atoms with van der Waals surface area (Å²) in [5, 5.41) is 21.7. The molecule has 0 radical (unpaired) electrons. The third-order valence-corrected chi connectivity index (χ3v) is 2.68. The standard InChI is InChI=1S/C13H12N2O5/c1-8-11(6-14-20-8)13(19)15(7-12(17)18)9-2-4-10(16)5-3-9/h2-6,16H,7H2,1H3,(H,17,18). The van der Waals surface area contributed by atoms with Crippen LogP contribution < -0.4 is 4.90 Å². The average Bonchev–Trinajstić information content (AvgIpc) is 2.82. The highest BCUT2D eigenvalue weighted by molar-refractivity contribution is 6.08. The average molecular weight is 276 g/mol. The van der Waals surface area contributed by atoms with Gasteiger partial charge in [0, 0.05) is 5.69 Å². The van der Waals surface area contributed by atoms with Crippen molar-refractivity contribution in [2.75, 3.05) is 11.4 Å². The second kappa shape index (κ2) is 5.43. The highest BCUT2D eigenvalue weighted by atomic mass is 16.5. The van der Waals surface area contributed by atoms with Gasteiger partial charge < -0.3 is 14.7 Å². The van der Waals surface area contributed by atoms with E-state index < -0.39 is 18.4 Å². The van der Waals surface area contributed by atoms with Gasteiger partial charge in [-0.1, -0.05) is 5.16 Å². The number of hydrogen-bond donors (Lipinski definition) is 2. The van der Waals surface area contributed by atoms with Crippen LogP contribution in [0.25, 0.3) is 0 Å². The van der Waals surface area contributed by atoms with E-state index in [0.29, 0.717) is 11.4 Å². The lowest BCUT2D eigenvalue weighted by atomic mass is 10.2. The van der Waals surface area contributed by atoms with E-state index in [1.807, 2.05) is 0 Å². The van der Waals surface area contributed by atoms with Crippen LogP contribution in [0.5, 0.6) is 5.75 Å². The lowest BCUT2D eigenvalue weighted by molar-refractivity contribution is -0.135. The Bertz CT molecular complexity index is 632. The molecule has 7 heteroatoms. The van der Waals surface area contributed by atoms with Gasteiger partial charge >= 0.3 is 5.97 Å². The van der Waals surface area contributed by atoms with Gasteiger partial charge in [0.1, 0.15) is 23.6 Å². The summed E-state index contributed by atoms with van der Waals surface area (Å²) < 4.78 is 4.81. The lowest BCUT2D eigenvalue weighted by Gasteiger charge is -2.20. The second-order valence-corrected chi connectivity index (χ2v) is 4.10. The van der Waals surface area contributed by atoms with Gasteiger partial charge in [0.25, 0.3) is 5.91 Å². The molecule has 0 fully saturated rings. The van der Waals surface area contributed by atoms with Crippen molar-refractivity contribution >= 4 is 17.6 Å². The molecule has 104 valence electrons. The first-order valence-electron chi connectivity index (χ1n) is 5.73. The van der Waals surface area contributed by atoms with Gasteiger partial charge in [-0.05, 0) is 31.2 Å². The fraction of sp³-hybridized carbons (Fsp3) is 0.154. The van der Waals surface area contributed by atoms with E-state index in [2.05, 4.69) is 5.16 Å². The molecule has 1 heterocycles. The van der Waals surface area contributed by atoms with Crippen LogP contribution in [0.1, 0.15) is 16.1 Å². The summed E-state index contributed by atoms with van der Waals surface area (Å²) in [5.41, 5.74) is 0.551. The third kappa shape index (κ3) is 2.77. The number of aliphatic carboxylic acids is 1. The highest BCUT2D eigenvalue weighted by Crippen LogP contribution is 2.21. The fourth-order valence-corrected chi connectivity index (χ4v) is 1.70. The SMILES string of the molecule is Cc1oncc1C(=O)N(CC(=O)O)c1ccc(O)cc1. The number of aromatic nitrogens is 1. The Morgan fingerprint density at radius 3 is 2.45 bits per heavy atom. The van der Waals surface area contributed by atoms with Crippen molar-refractivity contribution in [1.82, 2.24) is 5.16 Å². The lowest BCUT2D eigenvalue weighted by Crippen LogP contribution is -2.35. The number of carboxylic acids is 1. The van der Waals surface area contributed by atoms with Crippen LogP contribution in [0.2, 0.25) is 0 Å². The Morgan fingerprint density at radius 2 is 1.95 bits per heavy atom. The van der Waals surface area contributed by atoms with E-state index in [1.165, 1.54) is 30.5 Å². The van der Waals surface area contributed by atoms with E-state index in [4.69, 9.17) is 9.63 Å². The van der Waals surface area contributed by atoms with Crippen LogP contribution in [-0.2, 0) is 4.79 Å². The van der Waals surface area contributed by atoms with E-state index in [9.17, 15) is 14.7 Å². The minimum absolute atomic E-state index is 0.0256. The van der Waals surface area contributed by atoms with Gasteiger partial charge in [-0.25, -0.2) is 0 Å². The molecule has 0 aliphatic heterocycles. The molecule has 0 saturated carbocycles. The van der Waals surface area contributed by atoms with Crippen molar-refractivity contribution in [3.05, 3.63) is 41.8 Å². The minimum Gasteiger partial charge on any atom is -0.508 e. The fourth-order valence-electron chi connectivity index (χ4n) is 1.70. The first kappa shape index (κ1) is 13.6. The summed E-state index contributed by atoms with van der Waals surface area (Å²) in [6.45, 7) is 1.06. The summed E-state index contributed by atoms with van der Waals surface area (Å²) in [4.78, 5) is 24.3. The molecular weight excluding hydrogens is 264 g/mol. The zero-order chi connectivity index (χ0) is 14.7. The monoisotopic (exact) mass is 276 g/mol. The van der Waals surface area contributed by atoms with Crippen LogP contribution in [0, 0.1) is 6.92 Å². The molecule has 0 unspecified atom stereocenters. The van der Waals surface area contributed by atoms with Crippen LogP contribution in [-0.4, -0.2) is 33.8 Å². The Kier molecular flexibility index (Phi) is 3.69. The number of carbonyl (C=O) groups excluding carboxylic acids is 1. The van der Waals surface area contributed by atoms with E-state index in [-0.39, 0.29) is 11.3 Å². The van der Waals surface area contributed by atoms with Crippen LogP contribution in [0.4, 0.5) is 5.69 Å². The highest BCUT2D eigenvalue weighted by Gasteiger charge is 2.23. The summed E-state index contributed by atoms with van der Waals surface area (Å²) in [6.07, 6.45) is 1.24. The number of rotatable bonds is 4. The van der Waals surface area contributed by atoms with Crippen molar-refractivity contribution in [1.29, 1.82) is 0 Å². The topological polar surface area (TPSA) is 104 Å². The van der Waals surface area contributed by atoms with E-state index in [0.717, 1.165) is 4.90 Å². The van der Waals surface area contributed by atoms with Gasteiger partial charge in [0.05, 0.1) is 6.20 Å². The van der Waals surface area contributed by atoms with Crippen molar-refractivity contribution in [3.8, 4) is 5.75 Å². The molecule has 0 spiro atoms. The molecule has 7 nitrogen and oxygen atoms in total. The third-order valence-electron chi connectivity index (χ3n) is 2.68. The molecule has 0 saturated heterocycles. The van der Waals surface area contributed by atoms with Gasteiger partial charge in [0.2, 0.25) is 0 Å². The molecular formula is C13H12N2O5. The Morgan fingerprint density at radius 1 is 1.30 bits per heavy atom. The van der Waals surface area contributed by atoms with Crippen LogP contribution >= 0.6 is 0 Å². The minimum atomic E-state index is -1.15. The number of phenolic OH excluding ortho intramolecular Hbond substituents is 1. The quantitative estimate of drug-likeness (QED) is 0.875. The van der Waals surface area contributed by atoms with Crippen molar-refractivity contribution in [3.63, 3.8) is 0 Å². The normalized spacial score (nSPS) is 10.2. The van der Waals surface area contributed by atoms with E-state index in [1.54, 1.807) is 6.92 Å². The zero-order valence-electron chi connectivity index (χ0n) is 10.6. The number of hydrogen-bond acceptors (Lipinski definition) is 5. The van der Waals surface area contributed by atoms with E-state index >= 15 is 0 Å². The molecule has 2 rings (SSSR count). The van der Waals surface area contributed by atoms with Gasteiger partial charge in [-0.3, -0.25) is 14.5 Å². The molecule has 2 aromatic rings. The number of carbonyl (C=O) groups is 2. The number of nitrogens with zero attached hydrogens (tertiary/aromatic N) is 2. The van der Waals surface area contributed by atoms with Crippen LogP contribution in [0.3, 0.4) is 0 Å². The second-order valence-electron chi connectivity index (χ2n) is 4.10. The molecule has 0 atom stereocenters. The van der Waals surface area contributed by atoms with Gasteiger partial charge in [0.15, 0.2) is 0 Å². The molecule has 20 heavy (non-hydrogen) atoms. The summed E-state index contributed by atoms with van der Waals surface area (Å²) >= 11 is 0. The first-order valence-corrected chi connectivity index (χ1v) is 5.73. The Hall–Kier alpha value is -2.83. The van der Waals surface area contributed by atoms with Crippen molar-refractivity contribution < 1.29 is 24.3 Å². The zero-order valence-corrected chi connectivity index (χ0v) is 10.6. The molecule has 2 N–H and O–H groups in total. The molecule has 1 aromatic carbocycles. The number of aromatic hydroxyl groups is 1. The summed E-state index contributed by atoms with van der Waals surface area (Å²) in [7, 11) is 0. The number of benzene rings is 1. The maximum Gasteiger partial charge on any atom is 0.323 e. The number of carboxylic acid groups (broad SMARTS) is 1. The molecule has 0 bridgehead atoms. The summed E-state index contributed by atoms with van der Waals surface area (Å²) in [6, 6.07) is 5.66. The maximum atomic E-state index is 12.3. The van der Waals surface area contributed by atoms with Gasteiger partial charge in [-0.2, -0.15) is 0 Å². The first-order chi connectivity index (χ1) is 9.49. The molecule has 1 aromatic heterocycles. The largest absolute Gasteiger partial charge is 0.508 e. The maximum absolute atomic E-state index is 12.3.